The van der Waals surface area contributed by atoms with Crippen LogP contribution in [0, 0.1) is 0 Å². The Balaban J connectivity index is 2.16. The zero-order chi connectivity index (χ0) is 11.4. The third-order valence-electron chi connectivity index (χ3n) is 3.42. The molecule has 16 heavy (non-hydrogen) atoms. The fourth-order valence-electron chi connectivity index (χ4n) is 2.56. The van der Waals surface area contributed by atoms with E-state index in [4.69, 9.17) is 5.73 Å². The first kappa shape index (κ1) is 11.5. The number of hydrogen-bond donors (Lipinski definition) is 1. The number of aryl methyl sites for hydroxylation is 1. The van der Waals surface area contributed by atoms with Gasteiger partial charge >= 0.3 is 0 Å². The molecular weight excluding hydrogens is 200 g/mol. The van der Waals surface area contributed by atoms with Crippen LogP contribution < -0.4 is 10.6 Å². The van der Waals surface area contributed by atoms with Gasteiger partial charge in [-0.15, -0.1) is 0 Å². The van der Waals surface area contributed by atoms with E-state index >= 15 is 0 Å². The molecule has 0 spiro atoms. The highest BCUT2D eigenvalue weighted by molar-refractivity contribution is 5.33. The first-order chi connectivity index (χ1) is 7.86. The third kappa shape index (κ3) is 2.21. The van der Waals surface area contributed by atoms with Gasteiger partial charge in [0.1, 0.15) is 0 Å². The lowest BCUT2D eigenvalue weighted by atomic mass is 10.00. The smallest absolute Gasteiger partial charge is 0.205 e. The zero-order valence-electron chi connectivity index (χ0n) is 10.1. The number of hydrogen-bond acceptors (Lipinski definition) is 3. The molecule has 90 valence electrons. The van der Waals surface area contributed by atoms with Crippen LogP contribution in [0.2, 0.25) is 0 Å². The summed E-state index contributed by atoms with van der Waals surface area (Å²) in [6, 6.07) is 0.589. The first-order valence-electron chi connectivity index (χ1n) is 6.34. The summed E-state index contributed by atoms with van der Waals surface area (Å²) < 4.78 is 2.22. The number of piperidine rings is 1. The molecule has 0 saturated carbocycles. The summed E-state index contributed by atoms with van der Waals surface area (Å²) in [7, 11) is 0. The van der Waals surface area contributed by atoms with Crippen LogP contribution in [-0.4, -0.2) is 28.7 Å². The summed E-state index contributed by atoms with van der Waals surface area (Å²) in [4.78, 5) is 6.94. The minimum Gasteiger partial charge on any atom is -0.339 e. The minimum atomic E-state index is 0.589. The molecule has 1 aliphatic rings. The Labute approximate surface area is 97.4 Å². The lowest BCUT2D eigenvalue weighted by Crippen LogP contribution is -2.42. The molecule has 4 heteroatoms. The normalized spacial score (nSPS) is 21.4. The highest BCUT2D eigenvalue weighted by atomic mass is 15.3. The van der Waals surface area contributed by atoms with E-state index in [0.717, 1.165) is 32.0 Å². The SMILES string of the molecule is CCn1ccnc1N1CCCCC1CCN. The fourth-order valence-corrected chi connectivity index (χ4v) is 2.56. The first-order valence-corrected chi connectivity index (χ1v) is 6.34. The predicted molar refractivity (Wildman–Crippen MR) is 66.6 cm³/mol. The second-order valence-corrected chi connectivity index (χ2v) is 4.43. The van der Waals surface area contributed by atoms with E-state index in [1.807, 2.05) is 6.20 Å². The molecule has 4 nitrogen and oxygen atoms in total. The van der Waals surface area contributed by atoms with Crippen molar-refractivity contribution in [3.05, 3.63) is 12.4 Å². The second kappa shape index (κ2) is 5.34. The Hall–Kier alpha value is -1.03. The molecule has 1 aliphatic heterocycles. The number of aromatic nitrogens is 2. The quantitative estimate of drug-likeness (QED) is 0.842. The summed E-state index contributed by atoms with van der Waals surface area (Å²) >= 11 is 0. The maximum Gasteiger partial charge on any atom is 0.205 e. The van der Waals surface area contributed by atoms with Crippen molar-refractivity contribution >= 4 is 5.95 Å². The number of imidazole rings is 1. The number of nitrogens with two attached hydrogens (primary N) is 1. The van der Waals surface area contributed by atoms with Gasteiger partial charge in [-0.2, -0.15) is 0 Å². The molecule has 2 heterocycles. The van der Waals surface area contributed by atoms with E-state index < -0.39 is 0 Å². The number of rotatable bonds is 4. The van der Waals surface area contributed by atoms with Crippen LogP contribution in [-0.2, 0) is 6.54 Å². The van der Waals surface area contributed by atoms with Gasteiger partial charge in [-0.25, -0.2) is 4.98 Å². The van der Waals surface area contributed by atoms with Gasteiger partial charge in [-0.05, 0) is 39.2 Å². The fraction of sp³-hybridized carbons (Fsp3) is 0.750. The number of nitrogens with zero attached hydrogens (tertiary/aromatic N) is 3. The van der Waals surface area contributed by atoms with Crippen molar-refractivity contribution in [1.82, 2.24) is 9.55 Å². The molecule has 0 amide bonds. The van der Waals surface area contributed by atoms with Gasteiger partial charge in [0, 0.05) is 31.5 Å². The van der Waals surface area contributed by atoms with Crippen LogP contribution >= 0.6 is 0 Å². The zero-order valence-corrected chi connectivity index (χ0v) is 10.1. The van der Waals surface area contributed by atoms with Crippen molar-refractivity contribution < 1.29 is 0 Å². The molecule has 0 aromatic carbocycles. The van der Waals surface area contributed by atoms with Crippen LogP contribution in [0.15, 0.2) is 12.4 Å². The van der Waals surface area contributed by atoms with Gasteiger partial charge in [0.25, 0.3) is 0 Å². The monoisotopic (exact) mass is 222 g/mol. The molecule has 1 saturated heterocycles. The van der Waals surface area contributed by atoms with Crippen molar-refractivity contribution in [2.45, 2.75) is 45.2 Å². The molecule has 1 aromatic rings. The Bertz CT molecular complexity index is 319. The Morgan fingerprint density at radius 3 is 3.12 bits per heavy atom. The van der Waals surface area contributed by atoms with E-state index in [-0.39, 0.29) is 0 Å². The van der Waals surface area contributed by atoms with E-state index in [2.05, 4.69) is 27.6 Å². The second-order valence-electron chi connectivity index (χ2n) is 4.43. The van der Waals surface area contributed by atoms with Crippen molar-refractivity contribution in [1.29, 1.82) is 0 Å². The highest BCUT2D eigenvalue weighted by Crippen LogP contribution is 2.24. The van der Waals surface area contributed by atoms with Crippen molar-refractivity contribution in [3.63, 3.8) is 0 Å². The third-order valence-corrected chi connectivity index (χ3v) is 3.42. The van der Waals surface area contributed by atoms with Gasteiger partial charge in [-0.1, -0.05) is 0 Å². The Morgan fingerprint density at radius 1 is 1.50 bits per heavy atom. The van der Waals surface area contributed by atoms with E-state index in [0.29, 0.717) is 6.04 Å². The predicted octanol–water partition coefficient (Wildman–Crippen LogP) is 1.61. The van der Waals surface area contributed by atoms with E-state index in [9.17, 15) is 0 Å². The van der Waals surface area contributed by atoms with Crippen molar-refractivity contribution in [3.8, 4) is 0 Å². The van der Waals surface area contributed by atoms with Gasteiger partial charge in [-0.3, -0.25) is 0 Å². The molecule has 1 unspecified atom stereocenters. The molecule has 1 atom stereocenters. The lowest BCUT2D eigenvalue weighted by Gasteiger charge is -2.36. The maximum atomic E-state index is 5.69. The molecule has 1 aromatic heterocycles. The summed E-state index contributed by atoms with van der Waals surface area (Å²) in [5.74, 6) is 1.13. The van der Waals surface area contributed by atoms with Gasteiger partial charge in [0.05, 0.1) is 0 Å². The van der Waals surface area contributed by atoms with Crippen LogP contribution in [0.3, 0.4) is 0 Å². The summed E-state index contributed by atoms with van der Waals surface area (Å²) in [5, 5.41) is 0. The Morgan fingerprint density at radius 2 is 2.38 bits per heavy atom. The van der Waals surface area contributed by atoms with Gasteiger partial charge in [0.2, 0.25) is 5.95 Å². The van der Waals surface area contributed by atoms with Gasteiger partial charge < -0.3 is 15.2 Å². The minimum absolute atomic E-state index is 0.589. The molecule has 0 aliphatic carbocycles. The van der Waals surface area contributed by atoms with Crippen LogP contribution in [0.4, 0.5) is 5.95 Å². The van der Waals surface area contributed by atoms with Crippen LogP contribution in [0.25, 0.3) is 0 Å². The average Bonchev–Trinajstić information content (AvgIpc) is 2.78. The van der Waals surface area contributed by atoms with Crippen molar-refractivity contribution in [2.24, 2.45) is 5.73 Å². The van der Waals surface area contributed by atoms with Crippen LogP contribution in [0.5, 0.6) is 0 Å². The average molecular weight is 222 g/mol. The molecule has 0 radical (unpaired) electrons. The molecule has 2 N–H and O–H groups in total. The van der Waals surface area contributed by atoms with Gasteiger partial charge in [0.15, 0.2) is 0 Å². The van der Waals surface area contributed by atoms with E-state index in [1.165, 1.54) is 19.3 Å². The summed E-state index contributed by atoms with van der Waals surface area (Å²) in [6.07, 6.45) is 8.90. The van der Waals surface area contributed by atoms with Crippen molar-refractivity contribution in [2.75, 3.05) is 18.0 Å². The molecule has 0 bridgehead atoms. The molecule has 2 rings (SSSR count). The number of anilines is 1. The highest BCUT2D eigenvalue weighted by Gasteiger charge is 2.24. The summed E-state index contributed by atoms with van der Waals surface area (Å²) in [6.45, 7) is 5.05. The standard InChI is InChI=1S/C12H22N4/c1-2-15-10-8-14-12(15)16-9-4-3-5-11(16)6-7-13/h8,10-11H,2-7,9,13H2,1H3. The maximum absolute atomic E-state index is 5.69. The van der Waals surface area contributed by atoms with Crippen LogP contribution in [0.1, 0.15) is 32.6 Å². The Kier molecular flexibility index (Phi) is 3.83. The lowest BCUT2D eigenvalue weighted by molar-refractivity contribution is 0.430. The molecule has 1 fully saturated rings. The molecular formula is C12H22N4. The van der Waals surface area contributed by atoms with E-state index in [1.54, 1.807) is 0 Å². The topological polar surface area (TPSA) is 47.1 Å². The summed E-state index contributed by atoms with van der Waals surface area (Å²) in [5.41, 5.74) is 5.69. The largest absolute Gasteiger partial charge is 0.339 e.